The molecular weight excluding hydrogens is 222 g/mol. The Labute approximate surface area is 99.6 Å². The van der Waals surface area contributed by atoms with E-state index in [9.17, 15) is 4.79 Å². The smallest absolute Gasteiger partial charge is 0.255 e. The largest absolute Gasteiger partial charge is 0.332 e. The van der Waals surface area contributed by atoms with E-state index in [0.717, 1.165) is 25.2 Å². The van der Waals surface area contributed by atoms with Crippen molar-refractivity contribution >= 4 is 17.2 Å². The van der Waals surface area contributed by atoms with Gasteiger partial charge in [0.05, 0.1) is 11.6 Å². The Balaban J connectivity index is 2.10. The molecule has 1 aliphatic rings. The van der Waals surface area contributed by atoms with Crippen LogP contribution in [0.3, 0.4) is 0 Å². The summed E-state index contributed by atoms with van der Waals surface area (Å²) in [5.41, 5.74) is 6.51. The van der Waals surface area contributed by atoms with Gasteiger partial charge >= 0.3 is 0 Å². The second-order valence-corrected chi connectivity index (χ2v) is 4.94. The fourth-order valence-corrected chi connectivity index (χ4v) is 2.66. The number of hydrogen-bond donors (Lipinski definition) is 1. The van der Waals surface area contributed by atoms with Gasteiger partial charge in [0, 0.05) is 31.6 Å². The van der Waals surface area contributed by atoms with Crippen molar-refractivity contribution in [1.29, 1.82) is 0 Å². The summed E-state index contributed by atoms with van der Waals surface area (Å²) >= 11 is 1.55. The molecule has 0 bridgehead atoms. The topological polar surface area (TPSA) is 49.6 Å². The number of carbonyl (C=O) groups is 1. The lowest BCUT2D eigenvalue weighted by molar-refractivity contribution is 0.0516. The molecule has 16 heavy (non-hydrogen) atoms. The monoisotopic (exact) mass is 239 g/mol. The SMILES string of the molecule is CN1CCN(C(=O)c2ccsc2)C(CN)C1. The Kier molecular flexibility index (Phi) is 3.58. The van der Waals surface area contributed by atoms with Crippen molar-refractivity contribution in [3.8, 4) is 0 Å². The number of likely N-dealkylation sites (N-methyl/N-ethyl adjacent to an activating group) is 1. The van der Waals surface area contributed by atoms with Crippen molar-refractivity contribution < 1.29 is 4.79 Å². The summed E-state index contributed by atoms with van der Waals surface area (Å²) in [7, 11) is 2.06. The van der Waals surface area contributed by atoms with Crippen LogP contribution in [0.15, 0.2) is 16.8 Å². The van der Waals surface area contributed by atoms with E-state index in [1.807, 2.05) is 21.7 Å². The van der Waals surface area contributed by atoms with Gasteiger partial charge in [-0.25, -0.2) is 0 Å². The second-order valence-electron chi connectivity index (χ2n) is 4.16. The van der Waals surface area contributed by atoms with Gasteiger partial charge in [-0.05, 0) is 18.5 Å². The highest BCUT2D eigenvalue weighted by Crippen LogP contribution is 2.14. The first-order valence-electron chi connectivity index (χ1n) is 5.44. The van der Waals surface area contributed by atoms with Crippen molar-refractivity contribution in [3.63, 3.8) is 0 Å². The number of amides is 1. The van der Waals surface area contributed by atoms with Gasteiger partial charge in [-0.3, -0.25) is 4.79 Å². The van der Waals surface area contributed by atoms with E-state index in [0.29, 0.717) is 6.54 Å². The molecule has 1 aliphatic heterocycles. The van der Waals surface area contributed by atoms with Crippen LogP contribution in [0.2, 0.25) is 0 Å². The Hall–Kier alpha value is -0.910. The average molecular weight is 239 g/mol. The van der Waals surface area contributed by atoms with Gasteiger partial charge < -0.3 is 15.5 Å². The van der Waals surface area contributed by atoms with Crippen LogP contribution < -0.4 is 5.73 Å². The minimum atomic E-state index is 0.116. The van der Waals surface area contributed by atoms with E-state index in [1.165, 1.54) is 0 Å². The third-order valence-corrected chi connectivity index (χ3v) is 3.67. The summed E-state index contributed by atoms with van der Waals surface area (Å²) < 4.78 is 0. The average Bonchev–Trinajstić information content (AvgIpc) is 2.81. The van der Waals surface area contributed by atoms with Gasteiger partial charge in [-0.2, -0.15) is 11.3 Å². The number of piperazine rings is 1. The van der Waals surface area contributed by atoms with Crippen LogP contribution in [-0.4, -0.2) is 55.0 Å². The van der Waals surface area contributed by atoms with E-state index in [-0.39, 0.29) is 11.9 Å². The van der Waals surface area contributed by atoms with Crippen LogP contribution in [0.5, 0.6) is 0 Å². The number of nitrogens with two attached hydrogens (primary N) is 1. The van der Waals surface area contributed by atoms with Gasteiger partial charge in [0.1, 0.15) is 0 Å². The summed E-state index contributed by atoms with van der Waals surface area (Å²) in [6.45, 7) is 3.09. The number of nitrogens with zero attached hydrogens (tertiary/aromatic N) is 2. The quantitative estimate of drug-likeness (QED) is 0.816. The molecule has 4 nitrogen and oxygen atoms in total. The van der Waals surface area contributed by atoms with Crippen molar-refractivity contribution in [1.82, 2.24) is 9.80 Å². The van der Waals surface area contributed by atoms with Crippen LogP contribution in [0.4, 0.5) is 0 Å². The maximum atomic E-state index is 12.2. The maximum absolute atomic E-state index is 12.2. The molecule has 1 saturated heterocycles. The fourth-order valence-electron chi connectivity index (χ4n) is 2.03. The summed E-state index contributed by atoms with van der Waals surface area (Å²) in [4.78, 5) is 16.3. The predicted molar refractivity (Wildman–Crippen MR) is 65.7 cm³/mol. The van der Waals surface area contributed by atoms with E-state index in [1.54, 1.807) is 11.3 Å². The Bertz CT molecular complexity index is 352. The maximum Gasteiger partial charge on any atom is 0.255 e. The first-order chi connectivity index (χ1) is 7.72. The van der Waals surface area contributed by atoms with Crippen molar-refractivity contribution in [2.75, 3.05) is 33.2 Å². The van der Waals surface area contributed by atoms with Crippen molar-refractivity contribution in [2.24, 2.45) is 5.73 Å². The minimum absolute atomic E-state index is 0.116. The molecule has 2 N–H and O–H groups in total. The molecule has 0 saturated carbocycles. The van der Waals surface area contributed by atoms with Gasteiger partial charge in [-0.15, -0.1) is 0 Å². The lowest BCUT2D eigenvalue weighted by Crippen LogP contribution is -2.56. The minimum Gasteiger partial charge on any atom is -0.332 e. The van der Waals surface area contributed by atoms with E-state index in [2.05, 4.69) is 11.9 Å². The zero-order chi connectivity index (χ0) is 11.5. The van der Waals surface area contributed by atoms with Crippen molar-refractivity contribution in [2.45, 2.75) is 6.04 Å². The highest BCUT2D eigenvalue weighted by molar-refractivity contribution is 7.08. The third-order valence-electron chi connectivity index (χ3n) is 2.99. The van der Waals surface area contributed by atoms with Crippen LogP contribution in [-0.2, 0) is 0 Å². The highest BCUT2D eigenvalue weighted by atomic mass is 32.1. The Morgan fingerprint density at radius 1 is 1.62 bits per heavy atom. The standard InChI is InChI=1S/C11H17N3OS/c1-13-3-4-14(10(6-12)7-13)11(15)9-2-5-16-8-9/h2,5,8,10H,3-4,6-7,12H2,1H3. The van der Waals surface area contributed by atoms with Gasteiger partial charge in [0.2, 0.25) is 0 Å². The van der Waals surface area contributed by atoms with Gasteiger partial charge in [-0.1, -0.05) is 0 Å². The zero-order valence-corrected chi connectivity index (χ0v) is 10.2. The van der Waals surface area contributed by atoms with Crippen LogP contribution >= 0.6 is 11.3 Å². The molecule has 0 radical (unpaired) electrons. The molecule has 1 aromatic heterocycles. The molecule has 0 spiro atoms. The van der Waals surface area contributed by atoms with Gasteiger partial charge in [0.25, 0.3) is 5.91 Å². The van der Waals surface area contributed by atoms with E-state index < -0.39 is 0 Å². The lowest BCUT2D eigenvalue weighted by Gasteiger charge is -2.39. The first kappa shape index (κ1) is 11.6. The lowest BCUT2D eigenvalue weighted by atomic mass is 10.1. The summed E-state index contributed by atoms with van der Waals surface area (Å²) in [6.07, 6.45) is 0. The molecule has 2 rings (SSSR count). The fraction of sp³-hybridized carbons (Fsp3) is 0.545. The zero-order valence-electron chi connectivity index (χ0n) is 9.43. The van der Waals surface area contributed by atoms with Crippen LogP contribution in [0, 0.1) is 0 Å². The first-order valence-corrected chi connectivity index (χ1v) is 6.38. The second kappa shape index (κ2) is 4.95. The highest BCUT2D eigenvalue weighted by Gasteiger charge is 2.28. The Morgan fingerprint density at radius 2 is 2.44 bits per heavy atom. The molecule has 1 aromatic rings. The number of hydrogen-bond acceptors (Lipinski definition) is 4. The molecule has 5 heteroatoms. The molecule has 1 atom stereocenters. The molecular formula is C11H17N3OS. The number of rotatable bonds is 2. The normalized spacial score (nSPS) is 22.4. The van der Waals surface area contributed by atoms with Crippen LogP contribution in [0.25, 0.3) is 0 Å². The third kappa shape index (κ3) is 2.26. The van der Waals surface area contributed by atoms with Crippen LogP contribution in [0.1, 0.15) is 10.4 Å². The molecule has 1 fully saturated rings. The van der Waals surface area contributed by atoms with Gasteiger partial charge in [0.15, 0.2) is 0 Å². The van der Waals surface area contributed by atoms with Crippen molar-refractivity contribution in [3.05, 3.63) is 22.4 Å². The Morgan fingerprint density at radius 3 is 3.06 bits per heavy atom. The summed E-state index contributed by atoms with van der Waals surface area (Å²) in [5, 5.41) is 3.83. The predicted octanol–water partition coefficient (Wildman–Crippen LogP) is 0.463. The molecule has 1 amide bonds. The molecule has 1 unspecified atom stereocenters. The summed E-state index contributed by atoms with van der Waals surface area (Å²) in [5.74, 6) is 0.116. The van der Waals surface area contributed by atoms with E-state index in [4.69, 9.17) is 5.73 Å². The molecule has 0 aliphatic carbocycles. The van der Waals surface area contributed by atoms with E-state index >= 15 is 0 Å². The summed E-state index contributed by atoms with van der Waals surface area (Å²) in [6, 6.07) is 2.02. The number of thiophene rings is 1. The molecule has 2 heterocycles. The molecule has 88 valence electrons. The number of carbonyl (C=O) groups excluding carboxylic acids is 1. The molecule has 0 aromatic carbocycles.